The van der Waals surface area contributed by atoms with Gasteiger partial charge in [-0.2, -0.15) is 9.94 Å². The summed E-state index contributed by atoms with van der Waals surface area (Å²) in [5.41, 5.74) is 7.89. The molecule has 9 heteroatoms. The third-order valence-electron chi connectivity index (χ3n) is 4.62. The number of carbonyl (C=O) groups excluding carboxylic acids is 2. The second-order valence-electron chi connectivity index (χ2n) is 6.69. The minimum atomic E-state index is -0.481. The zero-order valence-corrected chi connectivity index (χ0v) is 17.2. The molecule has 0 atom stereocenters. The van der Waals surface area contributed by atoms with E-state index < -0.39 is 5.91 Å². The van der Waals surface area contributed by atoms with Crippen molar-refractivity contribution in [3.63, 3.8) is 0 Å². The van der Waals surface area contributed by atoms with Crippen molar-refractivity contribution < 1.29 is 9.59 Å². The molecule has 4 aromatic rings. The lowest BCUT2D eigenvalue weighted by Crippen LogP contribution is -2.16. The van der Waals surface area contributed by atoms with Crippen LogP contribution in [0, 0.1) is 11.3 Å². The van der Waals surface area contributed by atoms with Gasteiger partial charge in [0.15, 0.2) is 5.82 Å². The molecule has 0 aliphatic carbocycles. The van der Waals surface area contributed by atoms with Gasteiger partial charge in [-0.3, -0.25) is 14.6 Å². The SMILES string of the molecule is N#Cc1c(N)nn(C(=O)c2ccc(NC(=O)c3ccccn3)cc2)c1-c1ccc(Cl)cc1. The van der Waals surface area contributed by atoms with Crippen LogP contribution in [0.3, 0.4) is 0 Å². The zero-order valence-electron chi connectivity index (χ0n) is 16.5. The number of nitrogen functional groups attached to an aromatic ring is 1. The third kappa shape index (κ3) is 4.05. The molecule has 0 aliphatic heterocycles. The van der Waals surface area contributed by atoms with Gasteiger partial charge in [-0.05, 0) is 48.5 Å². The summed E-state index contributed by atoms with van der Waals surface area (Å²) in [6.45, 7) is 0. The second kappa shape index (κ2) is 8.71. The van der Waals surface area contributed by atoms with Crippen molar-refractivity contribution in [1.29, 1.82) is 5.26 Å². The van der Waals surface area contributed by atoms with Crippen molar-refractivity contribution in [2.75, 3.05) is 11.1 Å². The summed E-state index contributed by atoms with van der Waals surface area (Å²) >= 11 is 5.95. The Morgan fingerprint density at radius 3 is 2.38 bits per heavy atom. The fourth-order valence-corrected chi connectivity index (χ4v) is 3.20. The summed E-state index contributed by atoms with van der Waals surface area (Å²) in [5.74, 6) is -0.899. The molecule has 3 N–H and O–H groups in total. The Hall–Kier alpha value is -4.48. The van der Waals surface area contributed by atoms with Gasteiger partial charge in [0, 0.05) is 28.0 Å². The van der Waals surface area contributed by atoms with Crippen molar-refractivity contribution in [3.8, 4) is 17.3 Å². The van der Waals surface area contributed by atoms with Crippen molar-refractivity contribution in [2.24, 2.45) is 0 Å². The molecular formula is C23H15ClN6O2. The first-order chi connectivity index (χ1) is 15.5. The fourth-order valence-electron chi connectivity index (χ4n) is 3.08. The number of nitrogens with two attached hydrogens (primary N) is 1. The van der Waals surface area contributed by atoms with Crippen molar-refractivity contribution in [2.45, 2.75) is 0 Å². The van der Waals surface area contributed by atoms with E-state index in [0.29, 0.717) is 21.8 Å². The Balaban J connectivity index is 1.63. The van der Waals surface area contributed by atoms with Gasteiger partial charge in [-0.1, -0.05) is 29.8 Å². The van der Waals surface area contributed by atoms with Crippen LogP contribution in [0.25, 0.3) is 11.3 Å². The van der Waals surface area contributed by atoms with E-state index in [1.807, 2.05) is 6.07 Å². The molecule has 0 radical (unpaired) electrons. The normalized spacial score (nSPS) is 10.4. The highest BCUT2D eigenvalue weighted by molar-refractivity contribution is 6.30. The molecule has 8 nitrogen and oxygen atoms in total. The Bertz CT molecular complexity index is 1340. The Morgan fingerprint density at radius 2 is 1.75 bits per heavy atom. The van der Waals surface area contributed by atoms with E-state index in [1.165, 1.54) is 6.20 Å². The van der Waals surface area contributed by atoms with Crippen LogP contribution in [0.2, 0.25) is 5.02 Å². The van der Waals surface area contributed by atoms with Gasteiger partial charge >= 0.3 is 0 Å². The highest BCUT2D eigenvalue weighted by Gasteiger charge is 2.23. The number of aromatic nitrogens is 3. The summed E-state index contributed by atoms with van der Waals surface area (Å²) in [6.07, 6.45) is 1.53. The van der Waals surface area contributed by atoms with Crippen molar-refractivity contribution >= 4 is 34.9 Å². The number of nitrogens with zero attached hydrogens (tertiary/aromatic N) is 4. The average Bonchev–Trinajstić information content (AvgIpc) is 3.16. The smallest absolute Gasteiger partial charge is 0.278 e. The van der Waals surface area contributed by atoms with E-state index in [2.05, 4.69) is 15.4 Å². The largest absolute Gasteiger partial charge is 0.381 e. The molecule has 0 aliphatic rings. The number of nitrogens with one attached hydrogen (secondary N) is 1. The predicted molar refractivity (Wildman–Crippen MR) is 120 cm³/mol. The van der Waals surface area contributed by atoms with Crippen LogP contribution in [0.15, 0.2) is 72.9 Å². The number of nitriles is 1. The number of rotatable bonds is 4. The van der Waals surface area contributed by atoms with E-state index in [0.717, 1.165) is 4.68 Å². The standard InChI is InChI=1S/C23H15ClN6O2/c24-16-8-4-14(5-9-16)20-18(13-25)21(26)29-30(20)23(32)15-6-10-17(11-7-15)28-22(31)19-3-1-2-12-27-19/h1-12H,(H2,26,29)(H,28,31). The van der Waals surface area contributed by atoms with E-state index in [1.54, 1.807) is 66.7 Å². The molecule has 156 valence electrons. The molecular weight excluding hydrogens is 428 g/mol. The quantitative estimate of drug-likeness (QED) is 0.492. The Kier molecular flexibility index (Phi) is 5.66. The molecule has 0 unspecified atom stereocenters. The summed E-state index contributed by atoms with van der Waals surface area (Å²) < 4.78 is 1.10. The zero-order chi connectivity index (χ0) is 22.7. The minimum Gasteiger partial charge on any atom is -0.381 e. The van der Waals surface area contributed by atoms with Crippen molar-refractivity contribution in [3.05, 3.63) is 94.8 Å². The van der Waals surface area contributed by atoms with Gasteiger partial charge in [-0.15, -0.1) is 5.10 Å². The van der Waals surface area contributed by atoms with Crippen LogP contribution in [-0.2, 0) is 0 Å². The minimum absolute atomic E-state index is 0.0509. The number of benzene rings is 2. The fraction of sp³-hybridized carbons (Fsp3) is 0. The monoisotopic (exact) mass is 442 g/mol. The van der Waals surface area contributed by atoms with E-state index in [4.69, 9.17) is 17.3 Å². The molecule has 0 spiro atoms. The van der Waals surface area contributed by atoms with Crippen LogP contribution in [0.1, 0.15) is 26.4 Å². The van der Waals surface area contributed by atoms with Gasteiger partial charge in [0.25, 0.3) is 11.8 Å². The molecule has 0 bridgehead atoms. The molecule has 0 saturated heterocycles. The number of carbonyl (C=O) groups is 2. The molecule has 2 aromatic heterocycles. The lowest BCUT2D eigenvalue weighted by molar-refractivity contribution is 0.0947. The molecule has 2 aromatic carbocycles. The van der Waals surface area contributed by atoms with Gasteiger partial charge in [0.1, 0.15) is 17.3 Å². The maximum atomic E-state index is 13.2. The second-order valence-corrected chi connectivity index (χ2v) is 7.13. The summed E-state index contributed by atoms with van der Waals surface area (Å²) in [4.78, 5) is 29.4. The Labute approximate surface area is 187 Å². The molecule has 2 heterocycles. The number of halogens is 1. The number of hydrogen-bond donors (Lipinski definition) is 2. The van der Waals surface area contributed by atoms with Crippen LogP contribution in [0.4, 0.5) is 11.5 Å². The number of hydrogen-bond acceptors (Lipinski definition) is 6. The average molecular weight is 443 g/mol. The molecule has 1 amide bonds. The topological polar surface area (TPSA) is 127 Å². The number of amides is 1. The molecule has 4 rings (SSSR count). The summed E-state index contributed by atoms with van der Waals surface area (Å²) in [5, 5.41) is 16.8. The summed E-state index contributed by atoms with van der Waals surface area (Å²) in [7, 11) is 0. The van der Waals surface area contributed by atoms with Gasteiger partial charge < -0.3 is 11.1 Å². The van der Waals surface area contributed by atoms with Gasteiger partial charge in [0.2, 0.25) is 0 Å². The Morgan fingerprint density at radius 1 is 1.03 bits per heavy atom. The third-order valence-corrected chi connectivity index (χ3v) is 4.87. The molecule has 0 fully saturated rings. The van der Waals surface area contributed by atoms with Crippen LogP contribution in [-0.4, -0.2) is 26.6 Å². The highest BCUT2D eigenvalue weighted by Crippen LogP contribution is 2.29. The molecule has 0 saturated carbocycles. The van der Waals surface area contributed by atoms with Crippen LogP contribution in [0.5, 0.6) is 0 Å². The first kappa shape index (κ1) is 20.8. The maximum Gasteiger partial charge on any atom is 0.278 e. The van der Waals surface area contributed by atoms with Crippen LogP contribution >= 0.6 is 11.6 Å². The first-order valence-corrected chi connectivity index (χ1v) is 9.77. The highest BCUT2D eigenvalue weighted by atomic mass is 35.5. The molecule has 32 heavy (non-hydrogen) atoms. The first-order valence-electron chi connectivity index (χ1n) is 9.39. The number of anilines is 2. The van der Waals surface area contributed by atoms with E-state index in [-0.39, 0.29) is 28.7 Å². The van der Waals surface area contributed by atoms with Gasteiger partial charge in [-0.25, -0.2) is 0 Å². The lowest BCUT2D eigenvalue weighted by Gasteiger charge is -2.09. The number of pyridine rings is 1. The maximum absolute atomic E-state index is 13.2. The van der Waals surface area contributed by atoms with Crippen LogP contribution < -0.4 is 11.1 Å². The predicted octanol–water partition coefficient (Wildman–Crippen LogP) is 3.99. The van der Waals surface area contributed by atoms with Crippen molar-refractivity contribution in [1.82, 2.24) is 14.8 Å². The van der Waals surface area contributed by atoms with Gasteiger partial charge in [0.05, 0.1) is 5.69 Å². The lowest BCUT2D eigenvalue weighted by atomic mass is 10.1. The van der Waals surface area contributed by atoms with E-state index in [9.17, 15) is 14.9 Å². The summed E-state index contributed by atoms with van der Waals surface area (Å²) in [6, 6.07) is 20.0. The van der Waals surface area contributed by atoms with E-state index >= 15 is 0 Å².